The lowest BCUT2D eigenvalue weighted by Crippen LogP contribution is -2.32. The average Bonchev–Trinajstić information content (AvgIpc) is 3.26. The molecule has 0 aromatic heterocycles. The van der Waals surface area contributed by atoms with Gasteiger partial charge in [-0.15, -0.1) is 0 Å². The van der Waals surface area contributed by atoms with Gasteiger partial charge in [-0.1, -0.05) is 12.1 Å². The predicted octanol–water partition coefficient (Wildman–Crippen LogP) is 2.66. The topological polar surface area (TPSA) is 57.6 Å². The van der Waals surface area contributed by atoms with Gasteiger partial charge in [0, 0.05) is 24.7 Å². The number of rotatable bonds is 6. The Hall–Kier alpha value is -2.10. The van der Waals surface area contributed by atoms with E-state index < -0.39 is 5.97 Å². The lowest BCUT2D eigenvalue weighted by atomic mass is 10.1. The molecule has 0 heterocycles. The molecule has 1 aliphatic carbocycles. The van der Waals surface area contributed by atoms with Crippen LogP contribution in [0, 0.1) is 5.92 Å². The molecule has 0 radical (unpaired) electrons. The summed E-state index contributed by atoms with van der Waals surface area (Å²) in [5.74, 6) is -0.253. The van der Waals surface area contributed by atoms with Crippen molar-refractivity contribution < 1.29 is 14.7 Å². The van der Waals surface area contributed by atoms with Crippen LogP contribution in [0.15, 0.2) is 30.3 Å². The zero-order valence-electron chi connectivity index (χ0n) is 11.6. The molecule has 1 saturated carbocycles. The van der Waals surface area contributed by atoms with E-state index in [1.54, 1.807) is 24.3 Å². The molecule has 0 bridgehead atoms. The van der Waals surface area contributed by atoms with Crippen molar-refractivity contribution in [2.24, 2.45) is 5.92 Å². The lowest BCUT2D eigenvalue weighted by molar-refractivity contribution is -0.131. The Morgan fingerprint density at radius 1 is 1.30 bits per heavy atom. The standard InChI is InChI=1S/C16H19NO3/c1-2-17(11-13-3-4-13)16(20)14-8-5-12(6-9-14)7-10-15(18)19/h5-10,13H,2-4,11H2,1H3,(H,18,19). The molecular weight excluding hydrogens is 254 g/mol. The molecule has 0 spiro atoms. The number of carbonyl (C=O) groups excluding carboxylic acids is 1. The molecule has 106 valence electrons. The van der Waals surface area contributed by atoms with E-state index in [0.29, 0.717) is 11.5 Å². The van der Waals surface area contributed by atoms with Gasteiger partial charge >= 0.3 is 5.97 Å². The van der Waals surface area contributed by atoms with Gasteiger partial charge < -0.3 is 10.0 Å². The Morgan fingerprint density at radius 2 is 1.95 bits per heavy atom. The zero-order valence-corrected chi connectivity index (χ0v) is 11.6. The third-order valence-corrected chi connectivity index (χ3v) is 3.42. The van der Waals surface area contributed by atoms with Gasteiger partial charge in [-0.3, -0.25) is 4.79 Å². The smallest absolute Gasteiger partial charge is 0.328 e. The van der Waals surface area contributed by atoms with Crippen molar-refractivity contribution in [3.05, 3.63) is 41.5 Å². The first kappa shape index (κ1) is 14.3. The molecule has 0 atom stereocenters. The van der Waals surface area contributed by atoms with Gasteiger partial charge in [0.15, 0.2) is 0 Å². The van der Waals surface area contributed by atoms with Crippen molar-refractivity contribution >= 4 is 18.0 Å². The monoisotopic (exact) mass is 273 g/mol. The van der Waals surface area contributed by atoms with Crippen molar-refractivity contribution in [2.75, 3.05) is 13.1 Å². The SMILES string of the molecule is CCN(CC1CC1)C(=O)c1ccc(C=CC(=O)O)cc1. The van der Waals surface area contributed by atoms with Gasteiger partial charge in [-0.2, -0.15) is 0 Å². The van der Waals surface area contributed by atoms with Crippen LogP contribution < -0.4 is 0 Å². The summed E-state index contributed by atoms with van der Waals surface area (Å²) in [5, 5.41) is 8.56. The lowest BCUT2D eigenvalue weighted by Gasteiger charge is -2.20. The number of amides is 1. The summed E-state index contributed by atoms with van der Waals surface area (Å²) in [5.41, 5.74) is 1.43. The first-order valence-corrected chi connectivity index (χ1v) is 6.90. The second-order valence-electron chi connectivity index (χ2n) is 5.08. The molecule has 1 amide bonds. The van der Waals surface area contributed by atoms with Crippen LogP contribution in [0.5, 0.6) is 0 Å². The van der Waals surface area contributed by atoms with E-state index in [2.05, 4.69) is 0 Å². The van der Waals surface area contributed by atoms with Crippen LogP contribution in [0.2, 0.25) is 0 Å². The molecule has 0 aliphatic heterocycles. The normalized spacial score (nSPS) is 14.4. The maximum atomic E-state index is 12.3. The number of benzene rings is 1. The minimum Gasteiger partial charge on any atom is -0.478 e. The second-order valence-corrected chi connectivity index (χ2v) is 5.08. The maximum Gasteiger partial charge on any atom is 0.328 e. The molecule has 0 saturated heterocycles. The number of aliphatic carboxylic acids is 1. The van der Waals surface area contributed by atoms with E-state index in [0.717, 1.165) is 24.7 Å². The summed E-state index contributed by atoms with van der Waals surface area (Å²) in [7, 11) is 0. The van der Waals surface area contributed by atoms with E-state index in [9.17, 15) is 9.59 Å². The summed E-state index contributed by atoms with van der Waals surface area (Å²) in [6.07, 6.45) is 5.05. The first-order chi connectivity index (χ1) is 9.60. The molecule has 1 aromatic carbocycles. The van der Waals surface area contributed by atoms with Crippen molar-refractivity contribution in [3.8, 4) is 0 Å². The molecule has 4 nitrogen and oxygen atoms in total. The molecule has 0 unspecified atom stereocenters. The van der Waals surface area contributed by atoms with E-state index in [1.807, 2.05) is 11.8 Å². The summed E-state index contributed by atoms with van der Waals surface area (Å²) < 4.78 is 0. The van der Waals surface area contributed by atoms with Crippen molar-refractivity contribution in [1.29, 1.82) is 0 Å². The fourth-order valence-electron chi connectivity index (χ4n) is 2.05. The van der Waals surface area contributed by atoms with Crippen LogP contribution in [0.25, 0.3) is 6.08 Å². The van der Waals surface area contributed by atoms with Crippen LogP contribution in [0.4, 0.5) is 0 Å². The first-order valence-electron chi connectivity index (χ1n) is 6.90. The van der Waals surface area contributed by atoms with Crippen LogP contribution in [-0.4, -0.2) is 35.0 Å². The zero-order chi connectivity index (χ0) is 14.5. The Morgan fingerprint density at radius 3 is 2.45 bits per heavy atom. The third-order valence-electron chi connectivity index (χ3n) is 3.42. The summed E-state index contributed by atoms with van der Waals surface area (Å²) in [6, 6.07) is 7.02. The van der Waals surface area contributed by atoms with Crippen molar-refractivity contribution in [1.82, 2.24) is 4.90 Å². The highest BCUT2D eigenvalue weighted by Crippen LogP contribution is 2.30. The summed E-state index contributed by atoms with van der Waals surface area (Å²) in [6.45, 7) is 3.55. The largest absolute Gasteiger partial charge is 0.478 e. The van der Waals surface area contributed by atoms with Crippen LogP contribution in [0.1, 0.15) is 35.7 Å². The average molecular weight is 273 g/mol. The predicted molar refractivity (Wildman–Crippen MR) is 77.4 cm³/mol. The number of hydrogen-bond acceptors (Lipinski definition) is 2. The fourth-order valence-corrected chi connectivity index (χ4v) is 2.05. The van der Waals surface area contributed by atoms with Gasteiger partial charge in [-0.05, 0) is 49.5 Å². The molecular formula is C16H19NO3. The maximum absolute atomic E-state index is 12.3. The molecule has 1 aliphatic rings. The van der Waals surface area contributed by atoms with Crippen molar-refractivity contribution in [2.45, 2.75) is 19.8 Å². The van der Waals surface area contributed by atoms with Gasteiger partial charge in [0.2, 0.25) is 0 Å². The Labute approximate surface area is 118 Å². The minimum absolute atomic E-state index is 0.0492. The fraction of sp³-hybridized carbons (Fsp3) is 0.375. The van der Waals surface area contributed by atoms with E-state index in [-0.39, 0.29) is 5.91 Å². The summed E-state index contributed by atoms with van der Waals surface area (Å²) >= 11 is 0. The number of hydrogen-bond donors (Lipinski definition) is 1. The molecule has 20 heavy (non-hydrogen) atoms. The number of carboxylic acid groups (broad SMARTS) is 1. The van der Waals surface area contributed by atoms with Crippen LogP contribution >= 0.6 is 0 Å². The number of carboxylic acids is 1. The second kappa shape index (κ2) is 6.37. The van der Waals surface area contributed by atoms with Gasteiger partial charge in [0.05, 0.1) is 0 Å². The van der Waals surface area contributed by atoms with Crippen LogP contribution in [-0.2, 0) is 4.79 Å². The molecule has 1 aromatic rings. The van der Waals surface area contributed by atoms with E-state index >= 15 is 0 Å². The Balaban J connectivity index is 2.03. The number of nitrogens with zero attached hydrogens (tertiary/aromatic N) is 1. The molecule has 4 heteroatoms. The van der Waals surface area contributed by atoms with E-state index in [1.165, 1.54) is 18.9 Å². The third kappa shape index (κ3) is 3.95. The molecule has 1 N–H and O–H groups in total. The van der Waals surface area contributed by atoms with Crippen LogP contribution in [0.3, 0.4) is 0 Å². The highest BCUT2D eigenvalue weighted by Gasteiger charge is 2.26. The van der Waals surface area contributed by atoms with Gasteiger partial charge in [0.1, 0.15) is 0 Å². The number of carbonyl (C=O) groups is 2. The van der Waals surface area contributed by atoms with Gasteiger partial charge in [0.25, 0.3) is 5.91 Å². The summed E-state index contributed by atoms with van der Waals surface area (Å²) in [4.78, 5) is 24.6. The highest BCUT2D eigenvalue weighted by molar-refractivity contribution is 5.94. The van der Waals surface area contributed by atoms with Gasteiger partial charge in [-0.25, -0.2) is 4.79 Å². The van der Waals surface area contributed by atoms with Crippen molar-refractivity contribution in [3.63, 3.8) is 0 Å². The highest BCUT2D eigenvalue weighted by atomic mass is 16.4. The molecule has 2 rings (SSSR count). The minimum atomic E-state index is -0.980. The quantitative estimate of drug-likeness (QED) is 0.811. The Bertz CT molecular complexity index is 515. The Kier molecular flexibility index (Phi) is 4.56. The molecule has 1 fully saturated rings. The van der Waals surface area contributed by atoms with E-state index in [4.69, 9.17) is 5.11 Å².